The van der Waals surface area contributed by atoms with Crippen molar-refractivity contribution in [3.63, 3.8) is 0 Å². The highest BCUT2D eigenvalue weighted by atomic mass is 32.2. The summed E-state index contributed by atoms with van der Waals surface area (Å²) < 4.78 is 38.7. The summed E-state index contributed by atoms with van der Waals surface area (Å²) in [6, 6.07) is 29.2. The summed E-state index contributed by atoms with van der Waals surface area (Å²) in [6.45, 7) is 1.58. The maximum Gasteiger partial charge on any atom is 0.338 e. The molecule has 196 valence electrons. The lowest BCUT2D eigenvalue weighted by atomic mass is 10.1. The molecule has 39 heavy (non-hydrogen) atoms. The number of nitrogens with zero attached hydrogens (tertiary/aromatic N) is 1. The normalized spacial score (nSPS) is 11.3. The van der Waals surface area contributed by atoms with Crippen LogP contribution in [0.2, 0.25) is 0 Å². The van der Waals surface area contributed by atoms with Crippen LogP contribution in [0.15, 0.2) is 114 Å². The van der Waals surface area contributed by atoms with Crippen LogP contribution in [0.25, 0.3) is 10.9 Å². The Labute approximate surface area is 226 Å². The summed E-state index contributed by atoms with van der Waals surface area (Å²) in [6.07, 6.45) is 1.70. The van der Waals surface area contributed by atoms with Gasteiger partial charge in [0.15, 0.2) is 12.4 Å². The van der Waals surface area contributed by atoms with Gasteiger partial charge in [0, 0.05) is 18.0 Å². The van der Waals surface area contributed by atoms with E-state index < -0.39 is 16.0 Å². The smallest absolute Gasteiger partial charge is 0.338 e. The summed E-state index contributed by atoms with van der Waals surface area (Å²) in [5, 5.41) is 0.677. The van der Waals surface area contributed by atoms with Crippen LogP contribution in [0.4, 0.5) is 0 Å². The van der Waals surface area contributed by atoms with E-state index in [4.69, 9.17) is 9.47 Å². The van der Waals surface area contributed by atoms with E-state index >= 15 is 0 Å². The van der Waals surface area contributed by atoms with Crippen molar-refractivity contribution in [1.29, 1.82) is 0 Å². The Hall–Kier alpha value is -4.69. The van der Waals surface area contributed by atoms with Crippen LogP contribution < -0.4 is 4.74 Å². The number of fused-ring (bicyclic) bond motifs is 1. The molecule has 0 saturated carbocycles. The molecule has 5 rings (SSSR count). The van der Waals surface area contributed by atoms with Gasteiger partial charge in [-0.1, -0.05) is 54.1 Å². The number of esters is 1. The number of ether oxygens (including phenoxy) is 2. The number of hydrogen-bond donors (Lipinski definition) is 0. The lowest BCUT2D eigenvalue weighted by molar-refractivity contribution is -0.121. The average Bonchev–Trinajstić information content (AvgIpc) is 3.37. The fourth-order valence-corrected chi connectivity index (χ4v) is 5.47. The molecule has 0 aliphatic carbocycles. The first-order chi connectivity index (χ1) is 18.8. The molecule has 0 unspecified atom stereocenters. The summed E-state index contributed by atoms with van der Waals surface area (Å²) in [5.41, 5.74) is 2.59. The maximum absolute atomic E-state index is 13.2. The molecule has 0 atom stereocenters. The number of ketones is 1. The van der Waals surface area contributed by atoms with Crippen LogP contribution in [0.3, 0.4) is 0 Å². The van der Waals surface area contributed by atoms with E-state index in [1.807, 2.05) is 37.3 Å². The molecule has 0 fully saturated rings. The van der Waals surface area contributed by atoms with Crippen molar-refractivity contribution in [2.45, 2.75) is 18.2 Å². The molecular formula is C31H25NO6S. The van der Waals surface area contributed by atoms with Gasteiger partial charge in [0.25, 0.3) is 10.0 Å². The van der Waals surface area contributed by atoms with E-state index in [9.17, 15) is 18.0 Å². The molecule has 0 bridgehead atoms. The molecule has 7 nitrogen and oxygen atoms in total. The number of benzene rings is 4. The topological polar surface area (TPSA) is 91.7 Å². The standard InChI is InChI=1S/C31H25NO6S/c1-22-10-13-29(14-11-22)39(35,36)32-17-16-24-19-28(12-15-30(24)32)38-27-9-5-8-25(20-27)31(34)37-21-26(33)18-23-6-3-2-4-7-23/h2-17,19-20H,18,21H2,1H3. The van der Waals surface area contributed by atoms with Crippen molar-refractivity contribution in [3.05, 3.63) is 126 Å². The highest BCUT2D eigenvalue weighted by molar-refractivity contribution is 7.90. The molecule has 0 aliphatic heterocycles. The van der Waals surface area contributed by atoms with Crippen LogP contribution in [0, 0.1) is 6.92 Å². The number of carbonyl (C=O) groups is 2. The van der Waals surface area contributed by atoms with Gasteiger partial charge < -0.3 is 9.47 Å². The zero-order valence-corrected chi connectivity index (χ0v) is 21.9. The first-order valence-electron chi connectivity index (χ1n) is 12.2. The molecule has 1 heterocycles. The molecule has 5 aromatic rings. The van der Waals surface area contributed by atoms with Gasteiger partial charge in [-0.05, 0) is 67.1 Å². The second-order valence-corrected chi connectivity index (χ2v) is 10.9. The monoisotopic (exact) mass is 539 g/mol. The molecule has 0 aliphatic rings. The fraction of sp³-hybridized carbons (Fsp3) is 0.0968. The first kappa shape index (κ1) is 25.9. The fourth-order valence-electron chi connectivity index (χ4n) is 4.12. The van der Waals surface area contributed by atoms with Gasteiger partial charge in [-0.15, -0.1) is 0 Å². The predicted octanol–water partition coefficient (Wildman–Crippen LogP) is 5.95. The maximum atomic E-state index is 13.2. The molecule has 0 N–H and O–H groups in total. The Bertz CT molecular complexity index is 1760. The highest BCUT2D eigenvalue weighted by Gasteiger charge is 2.19. The van der Waals surface area contributed by atoms with E-state index in [0.29, 0.717) is 22.4 Å². The van der Waals surface area contributed by atoms with E-state index in [0.717, 1.165) is 11.1 Å². The first-order valence-corrected chi connectivity index (χ1v) is 13.7. The zero-order chi connectivity index (χ0) is 27.4. The molecule has 4 aromatic carbocycles. The van der Waals surface area contributed by atoms with Crippen LogP contribution >= 0.6 is 0 Å². The summed E-state index contributed by atoms with van der Waals surface area (Å²) in [7, 11) is -3.75. The summed E-state index contributed by atoms with van der Waals surface area (Å²) >= 11 is 0. The largest absolute Gasteiger partial charge is 0.457 e. The van der Waals surface area contributed by atoms with Crippen molar-refractivity contribution in [2.75, 3.05) is 6.61 Å². The summed E-state index contributed by atoms with van der Waals surface area (Å²) in [4.78, 5) is 24.9. The molecule has 0 radical (unpaired) electrons. The third-order valence-electron chi connectivity index (χ3n) is 6.12. The number of Topliss-reactive ketones (excluding diaryl/α,β-unsaturated/α-hetero) is 1. The van der Waals surface area contributed by atoms with E-state index in [2.05, 4.69) is 0 Å². The van der Waals surface area contributed by atoms with Gasteiger partial charge in [0.05, 0.1) is 16.0 Å². The minimum Gasteiger partial charge on any atom is -0.457 e. The summed E-state index contributed by atoms with van der Waals surface area (Å²) in [5.74, 6) is 0.0324. The van der Waals surface area contributed by atoms with Crippen LogP contribution in [-0.4, -0.2) is 30.7 Å². The lowest BCUT2D eigenvalue weighted by Crippen LogP contribution is -2.15. The van der Waals surface area contributed by atoms with Crippen LogP contribution in [0.1, 0.15) is 21.5 Å². The average molecular weight is 540 g/mol. The number of hydrogen-bond acceptors (Lipinski definition) is 6. The van der Waals surface area contributed by atoms with Crippen molar-refractivity contribution in [1.82, 2.24) is 3.97 Å². The van der Waals surface area contributed by atoms with Gasteiger partial charge >= 0.3 is 5.97 Å². The van der Waals surface area contributed by atoms with E-state index in [1.165, 1.54) is 16.2 Å². The number of aromatic nitrogens is 1. The third-order valence-corrected chi connectivity index (χ3v) is 7.82. The Kier molecular flexibility index (Phi) is 7.29. The molecule has 1 aromatic heterocycles. The second-order valence-electron chi connectivity index (χ2n) is 9.06. The van der Waals surface area contributed by atoms with Gasteiger partial charge in [0.2, 0.25) is 0 Å². The van der Waals surface area contributed by atoms with Gasteiger partial charge in [0.1, 0.15) is 11.5 Å². The second kappa shape index (κ2) is 11.0. The van der Waals surface area contributed by atoms with Crippen molar-refractivity contribution < 1.29 is 27.5 Å². The van der Waals surface area contributed by atoms with Crippen molar-refractivity contribution in [3.8, 4) is 11.5 Å². The zero-order valence-electron chi connectivity index (χ0n) is 21.1. The highest BCUT2D eigenvalue weighted by Crippen LogP contribution is 2.29. The lowest BCUT2D eigenvalue weighted by Gasteiger charge is -2.10. The van der Waals surface area contributed by atoms with E-state index in [1.54, 1.807) is 66.7 Å². The number of rotatable bonds is 9. The van der Waals surface area contributed by atoms with Crippen molar-refractivity contribution >= 4 is 32.7 Å². The van der Waals surface area contributed by atoms with Gasteiger partial charge in [-0.3, -0.25) is 4.79 Å². The van der Waals surface area contributed by atoms with Crippen LogP contribution in [-0.2, 0) is 26.0 Å². The Morgan fingerprint density at radius 1 is 0.795 bits per heavy atom. The SMILES string of the molecule is Cc1ccc(S(=O)(=O)n2ccc3cc(Oc4cccc(C(=O)OCC(=O)Cc5ccccc5)c4)ccc32)cc1. The quantitative estimate of drug-likeness (QED) is 0.215. The van der Waals surface area contributed by atoms with E-state index in [-0.39, 0.29) is 29.3 Å². The minimum absolute atomic E-state index is 0.188. The molecule has 0 saturated heterocycles. The minimum atomic E-state index is -3.75. The molecule has 0 amide bonds. The number of carbonyl (C=O) groups excluding carboxylic acids is 2. The molecule has 0 spiro atoms. The Morgan fingerprint density at radius 3 is 2.31 bits per heavy atom. The Balaban J connectivity index is 1.27. The third kappa shape index (κ3) is 5.91. The molecular weight excluding hydrogens is 514 g/mol. The Morgan fingerprint density at radius 2 is 1.54 bits per heavy atom. The predicted molar refractivity (Wildman–Crippen MR) is 148 cm³/mol. The molecule has 8 heteroatoms. The van der Waals surface area contributed by atoms with Gasteiger partial charge in [-0.2, -0.15) is 0 Å². The van der Waals surface area contributed by atoms with Crippen molar-refractivity contribution in [2.24, 2.45) is 0 Å². The number of aryl methyl sites for hydroxylation is 1. The van der Waals surface area contributed by atoms with Crippen LogP contribution in [0.5, 0.6) is 11.5 Å². The van der Waals surface area contributed by atoms with Gasteiger partial charge in [-0.25, -0.2) is 17.2 Å².